The molecule has 1 aliphatic rings. The molecule has 0 spiro atoms. The minimum Gasteiger partial charge on any atom is -0.493 e. The summed E-state index contributed by atoms with van der Waals surface area (Å²) in [6.45, 7) is 0.512. The molecule has 0 fully saturated rings. The summed E-state index contributed by atoms with van der Waals surface area (Å²) >= 11 is 6.01. The molecule has 0 N–H and O–H groups in total. The molecule has 1 aromatic heterocycles. The zero-order valence-electron chi connectivity index (χ0n) is 17.0. The van der Waals surface area contributed by atoms with E-state index in [9.17, 15) is 8.42 Å². The summed E-state index contributed by atoms with van der Waals surface area (Å²) in [5.41, 5.74) is 2.12. The van der Waals surface area contributed by atoms with E-state index in [0.717, 1.165) is 5.56 Å². The minimum atomic E-state index is -3.77. The van der Waals surface area contributed by atoms with E-state index in [1.807, 2.05) is 24.3 Å². The monoisotopic (exact) mass is 460 g/mol. The van der Waals surface area contributed by atoms with Crippen LogP contribution in [0.25, 0.3) is 11.3 Å². The molecule has 0 atom stereocenters. The molecule has 162 valence electrons. The first-order valence-electron chi connectivity index (χ1n) is 9.53. The van der Waals surface area contributed by atoms with Crippen LogP contribution in [-0.2, 0) is 16.6 Å². The van der Waals surface area contributed by atoms with Crippen LogP contribution in [0.15, 0.2) is 59.5 Å². The highest BCUT2D eigenvalue weighted by atomic mass is 35.5. The summed E-state index contributed by atoms with van der Waals surface area (Å²) in [5.74, 6) is 1.52. The number of halogens is 1. The number of ether oxygens (including phenoxy) is 3. The number of aromatic nitrogens is 1. The van der Waals surface area contributed by atoms with Gasteiger partial charge < -0.3 is 14.2 Å². The Labute approximate surface area is 186 Å². The van der Waals surface area contributed by atoms with E-state index in [2.05, 4.69) is 4.98 Å². The van der Waals surface area contributed by atoms with Gasteiger partial charge in [0.15, 0.2) is 11.5 Å². The Kier molecular flexibility index (Phi) is 6.04. The first-order chi connectivity index (χ1) is 14.9. The van der Waals surface area contributed by atoms with Crippen molar-refractivity contribution >= 4 is 21.6 Å². The first kappa shape index (κ1) is 21.4. The highest BCUT2D eigenvalue weighted by molar-refractivity contribution is 7.89. The SMILES string of the molecule is COc1cccc(-c2cc3c(c(OC)c2)OCCN(S(=O)(=O)c2cccc(Cl)c2)C3)n1. The van der Waals surface area contributed by atoms with Crippen molar-refractivity contribution in [3.63, 3.8) is 0 Å². The molecule has 2 heterocycles. The Hall–Kier alpha value is -2.81. The topological polar surface area (TPSA) is 78.0 Å². The lowest BCUT2D eigenvalue weighted by Crippen LogP contribution is -2.32. The van der Waals surface area contributed by atoms with Gasteiger partial charge in [0.1, 0.15) is 6.61 Å². The molecule has 0 saturated heterocycles. The third-order valence-corrected chi connectivity index (χ3v) is 7.02. The number of hydrogen-bond acceptors (Lipinski definition) is 6. The molecule has 2 aromatic carbocycles. The van der Waals surface area contributed by atoms with Crippen LogP contribution in [0, 0.1) is 0 Å². The molecule has 0 aliphatic carbocycles. The van der Waals surface area contributed by atoms with Gasteiger partial charge in [-0.25, -0.2) is 13.4 Å². The van der Waals surface area contributed by atoms with Gasteiger partial charge in [-0.1, -0.05) is 23.7 Å². The van der Waals surface area contributed by atoms with Gasteiger partial charge in [0.2, 0.25) is 15.9 Å². The average Bonchev–Trinajstić information content (AvgIpc) is 3.01. The summed E-state index contributed by atoms with van der Waals surface area (Å²) in [6.07, 6.45) is 0. The quantitative estimate of drug-likeness (QED) is 0.572. The van der Waals surface area contributed by atoms with E-state index in [1.54, 1.807) is 32.4 Å². The number of pyridine rings is 1. The van der Waals surface area contributed by atoms with Crippen molar-refractivity contribution in [2.45, 2.75) is 11.4 Å². The molecule has 7 nitrogen and oxygen atoms in total. The molecule has 4 rings (SSSR count). The number of benzene rings is 2. The molecule has 9 heteroatoms. The fourth-order valence-corrected chi connectivity index (χ4v) is 5.13. The van der Waals surface area contributed by atoms with E-state index >= 15 is 0 Å². The van der Waals surface area contributed by atoms with Crippen molar-refractivity contribution in [2.24, 2.45) is 0 Å². The Morgan fingerprint density at radius 3 is 2.61 bits per heavy atom. The molecular weight excluding hydrogens is 440 g/mol. The average molecular weight is 461 g/mol. The summed E-state index contributed by atoms with van der Waals surface area (Å²) in [5, 5.41) is 0.362. The van der Waals surface area contributed by atoms with Crippen LogP contribution in [0.3, 0.4) is 0 Å². The highest BCUT2D eigenvalue weighted by Crippen LogP contribution is 2.39. The van der Waals surface area contributed by atoms with Crippen LogP contribution in [0.4, 0.5) is 0 Å². The second kappa shape index (κ2) is 8.74. The molecule has 3 aromatic rings. The van der Waals surface area contributed by atoms with E-state index in [-0.39, 0.29) is 24.6 Å². The van der Waals surface area contributed by atoms with Crippen LogP contribution in [0.2, 0.25) is 5.02 Å². The van der Waals surface area contributed by atoms with Crippen LogP contribution >= 0.6 is 11.6 Å². The van der Waals surface area contributed by atoms with Gasteiger partial charge in [0, 0.05) is 35.3 Å². The van der Waals surface area contributed by atoms with E-state index < -0.39 is 10.0 Å². The Balaban J connectivity index is 1.77. The smallest absolute Gasteiger partial charge is 0.243 e. The van der Waals surface area contributed by atoms with Crippen molar-refractivity contribution in [1.29, 1.82) is 0 Å². The third kappa shape index (κ3) is 4.32. The van der Waals surface area contributed by atoms with Crippen molar-refractivity contribution in [1.82, 2.24) is 9.29 Å². The van der Waals surface area contributed by atoms with Crippen molar-refractivity contribution in [2.75, 3.05) is 27.4 Å². The lowest BCUT2D eigenvalue weighted by Gasteiger charge is -2.20. The summed E-state index contributed by atoms with van der Waals surface area (Å²) in [6, 6.07) is 15.4. The molecule has 0 bridgehead atoms. The zero-order chi connectivity index (χ0) is 22.0. The largest absolute Gasteiger partial charge is 0.493 e. The summed E-state index contributed by atoms with van der Waals surface area (Å²) < 4.78 is 44.5. The molecule has 0 saturated carbocycles. The number of fused-ring (bicyclic) bond motifs is 1. The van der Waals surface area contributed by atoms with Crippen LogP contribution in [0.1, 0.15) is 5.56 Å². The summed E-state index contributed by atoms with van der Waals surface area (Å²) in [7, 11) is -0.665. The van der Waals surface area contributed by atoms with E-state index in [0.29, 0.717) is 33.7 Å². The van der Waals surface area contributed by atoms with Gasteiger partial charge in [-0.3, -0.25) is 0 Å². The second-order valence-corrected chi connectivity index (χ2v) is 9.25. The number of methoxy groups -OCH3 is 2. The molecule has 31 heavy (non-hydrogen) atoms. The molecular formula is C22H21ClN2O5S. The Morgan fingerprint density at radius 2 is 1.87 bits per heavy atom. The fourth-order valence-electron chi connectivity index (χ4n) is 3.43. The number of nitrogens with zero attached hydrogens (tertiary/aromatic N) is 2. The molecule has 1 aliphatic heterocycles. The van der Waals surface area contributed by atoms with Crippen molar-refractivity contribution in [3.8, 4) is 28.6 Å². The fraction of sp³-hybridized carbons (Fsp3) is 0.227. The Morgan fingerprint density at radius 1 is 1.06 bits per heavy atom. The molecule has 0 radical (unpaired) electrons. The van der Waals surface area contributed by atoms with E-state index in [1.165, 1.54) is 16.4 Å². The highest BCUT2D eigenvalue weighted by Gasteiger charge is 2.29. The van der Waals surface area contributed by atoms with Crippen molar-refractivity contribution < 1.29 is 22.6 Å². The maximum absolute atomic E-state index is 13.2. The third-order valence-electron chi connectivity index (χ3n) is 4.95. The van der Waals surface area contributed by atoms with Crippen LogP contribution in [-0.4, -0.2) is 45.1 Å². The predicted octanol–water partition coefficient (Wildman–Crippen LogP) is 4.00. The van der Waals surface area contributed by atoms with E-state index in [4.69, 9.17) is 25.8 Å². The van der Waals surface area contributed by atoms with Crippen LogP contribution in [0.5, 0.6) is 17.4 Å². The van der Waals surface area contributed by atoms with Gasteiger partial charge in [-0.15, -0.1) is 0 Å². The Bertz CT molecular complexity index is 1220. The maximum atomic E-state index is 13.2. The van der Waals surface area contributed by atoms with Crippen molar-refractivity contribution in [3.05, 3.63) is 65.2 Å². The predicted molar refractivity (Wildman–Crippen MR) is 117 cm³/mol. The van der Waals surface area contributed by atoms with Gasteiger partial charge >= 0.3 is 0 Å². The second-order valence-electron chi connectivity index (χ2n) is 6.88. The first-order valence-corrected chi connectivity index (χ1v) is 11.3. The summed E-state index contributed by atoms with van der Waals surface area (Å²) in [4.78, 5) is 4.61. The standard InChI is InChI=1S/C22H21ClN2O5S/c1-28-20-12-15(19-7-4-8-21(24-19)29-2)11-16-14-25(9-10-30-22(16)20)31(26,27)18-6-3-5-17(23)13-18/h3-8,11-13H,9-10,14H2,1-2H3. The molecule has 0 amide bonds. The minimum absolute atomic E-state index is 0.123. The zero-order valence-corrected chi connectivity index (χ0v) is 18.6. The normalized spacial score (nSPS) is 14.3. The van der Waals surface area contributed by atoms with Crippen LogP contribution < -0.4 is 14.2 Å². The van der Waals surface area contributed by atoms with Gasteiger partial charge in [0.25, 0.3) is 0 Å². The number of hydrogen-bond donors (Lipinski definition) is 0. The lowest BCUT2D eigenvalue weighted by atomic mass is 10.1. The van der Waals surface area contributed by atoms with Gasteiger partial charge in [-0.2, -0.15) is 4.31 Å². The maximum Gasteiger partial charge on any atom is 0.243 e. The lowest BCUT2D eigenvalue weighted by molar-refractivity contribution is 0.279. The van der Waals surface area contributed by atoms with Gasteiger partial charge in [-0.05, 0) is 36.4 Å². The molecule has 0 unspecified atom stereocenters. The van der Waals surface area contributed by atoms with Gasteiger partial charge in [0.05, 0.1) is 24.8 Å². The number of rotatable bonds is 5. The number of sulfonamides is 1.